The quantitative estimate of drug-likeness (QED) is 0.157. The van der Waals surface area contributed by atoms with Gasteiger partial charge in [0.05, 0.1) is 29.4 Å². The van der Waals surface area contributed by atoms with Crippen LogP contribution in [0.15, 0.2) is 94.8 Å². The number of ether oxygens (including phenoxy) is 3. The molecule has 4 aromatic rings. The summed E-state index contributed by atoms with van der Waals surface area (Å²) in [6.07, 6.45) is 1.83. The van der Waals surface area contributed by atoms with Gasteiger partial charge in [-0.3, -0.25) is 9.69 Å². The molecule has 0 N–H and O–H groups in total. The number of thioether (sulfide) groups is 1. The molecule has 0 spiro atoms. The highest BCUT2D eigenvalue weighted by Crippen LogP contribution is 2.36. The summed E-state index contributed by atoms with van der Waals surface area (Å²) in [7, 11) is 1.69. The summed E-state index contributed by atoms with van der Waals surface area (Å²) in [6.45, 7) is 4.89. The molecule has 1 aliphatic heterocycles. The molecule has 41 heavy (non-hydrogen) atoms. The summed E-state index contributed by atoms with van der Waals surface area (Å²) in [5.74, 6) is 0.724. The van der Waals surface area contributed by atoms with Crippen LogP contribution in [0.5, 0.6) is 11.5 Å². The fraction of sp³-hybridized carbons (Fsp3) is 0.182. The third-order valence-corrected chi connectivity index (χ3v) is 7.50. The number of amides is 1. The molecular weight excluding hydrogens is 536 g/mol. The largest absolute Gasteiger partial charge is 0.490 e. The van der Waals surface area contributed by atoms with Gasteiger partial charge in [-0.1, -0.05) is 48.5 Å². The van der Waals surface area contributed by atoms with Crippen molar-refractivity contribution in [1.82, 2.24) is 4.90 Å². The Bertz CT molecular complexity index is 1640. The van der Waals surface area contributed by atoms with Crippen molar-refractivity contribution >= 4 is 51.3 Å². The molecule has 1 saturated heterocycles. The van der Waals surface area contributed by atoms with Crippen molar-refractivity contribution in [3.8, 4) is 11.5 Å². The van der Waals surface area contributed by atoms with Gasteiger partial charge in [0.2, 0.25) is 0 Å². The number of amidine groups is 1. The zero-order chi connectivity index (χ0) is 28.8. The van der Waals surface area contributed by atoms with Crippen LogP contribution in [0.4, 0.5) is 5.69 Å². The van der Waals surface area contributed by atoms with E-state index >= 15 is 0 Å². The van der Waals surface area contributed by atoms with E-state index in [1.54, 1.807) is 38.2 Å². The maximum absolute atomic E-state index is 13.0. The highest BCUT2D eigenvalue weighted by molar-refractivity contribution is 8.18. The topological polar surface area (TPSA) is 77.4 Å². The Hall–Kier alpha value is -4.56. The van der Waals surface area contributed by atoms with Crippen LogP contribution in [0, 0.1) is 0 Å². The van der Waals surface area contributed by atoms with Gasteiger partial charge in [0.25, 0.3) is 5.91 Å². The number of benzene rings is 4. The molecule has 4 aromatic carbocycles. The fourth-order valence-corrected chi connectivity index (χ4v) is 5.36. The summed E-state index contributed by atoms with van der Waals surface area (Å²) in [6, 6.07) is 26.9. The van der Waals surface area contributed by atoms with Crippen LogP contribution in [-0.2, 0) is 16.1 Å². The minimum atomic E-state index is -0.379. The third-order valence-electron chi connectivity index (χ3n) is 6.44. The molecule has 0 radical (unpaired) electrons. The Balaban J connectivity index is 1.33. The number of nitrogens with zero attached hydrogens (tertiary/aromatic N) is 2. The van der Waals surface area contributed by atoms with E-state index in [0.29, 0.717) is 52.6 Å². The van der Waals surface area contributed by atoms with Crippen molar-refractivity contribution in [3.05, 3.63) is 107 Å². The number of esters is 1. The molecule has 1 fully saturated rings. The van der Waals surface area contributed by atoms with Crippen molar-refractivity contribution in [2.24, 2.45) is 4.99 Å². The van der Waals surface area contributed by atoms with Gasteiger partial charge in [0.15, 0.2) is 16.7 Å². The second kappa shape index (κ2) is 12.7. The number of hydrogen-bond donors (Lipinski definition) is 0. The van der Waals surface area contributed by atoms with Crippen LogP contribution in [0.3, 0.4) is 0 Å². The van der Waals surface area contributed by atoms with E-state index in [9.17, 15) is 9.59 Å². The van der Waals surface area contributed by atoms with Gasteiger partial charge in [-0.05, 0) is 90.0 Å². The monoisotopic (exact) mass is 566 g/mol. The summed E-state index contributed by atoms with van der Waals surface area (Å²) in [5, 5.41) is 2.87. The first-order valence-corrected chi connectivity index (χ1v) is 14.2. The van der Waals surface area contributed by atoms with E-state index in [0.717, 1.165) is 16.5 Å². The number of rotatable bonds is 9. The molecule has 7 nitrogen and oxygen atoms in total. The lowest BCUT2D eigenvalue weighted by Crippen LogP contribution is -2.23. The normalized spacial score (nSPS) is 15.1. The van der Waals surface area contributed by atoms with E-state index in [1.807, 2.05) is 49.4 Å². The third kappa shape index (κ3) is 6.44. The number of hydrogen-bond acceptors (Lipinski definition) is 7. The van der Waals surface area contributed by atoms with E-state index in [4.69, 9.17) is 14.2 Å². The predicted molar refractivity (Wildman–Crippen MR) is 164 cm³/mol. The van der Waals surface area contributed by atoms with Crippen molar-refractivity contribution in [2.45, 2.75) is 20.5 Å². The standard InChI is InChI=1S/C33H30N2O5S/c1-4-38-29-19-22(13-18-28(29)40-21-25-11-8-10-23-9-6-7-12-27(23)25)20-30-31(36)35(3)33(41-30)34-26-16-14-24(15-17-26)32(37)39-5-2/h6-20H,4-5,21H2,1-3H3/b30-20-,34-33?. The molecule has 1 heterocycles. The van der Waals surface area contributed by atoms with Crippen molar-refractivity contribution in [1.29, 1.82) is 0 Å². The van der Waals surface area contributed by atoms with E-state index in [2.05, 4.69) is 29.3 Å². The number of fused-ring (bicyclic) bond motifs is 1. The van der Waals surface area contributed by atoms with Crippen LogP contribution in [0.25, 0.3) is 16.8 Å². The summed E-state index contributed by atoms with van der Waals surface area (Å²) >= 11 is 1.29. The molecule has 208 valence electrons. The molecule has 0 saturated carbocycles. The maximum Gasteiger partial charge on any atom is 0.338 e. The van der Waals surface area contributed by atoms with E-state index in [-0.39, 0.29) is 11.9 Å². The molecular formula is C33H30N2O5S. The summed E-state index contributed by atoms with van der Waals surface area (Å²) in [5.41, 5.74) is 2.99. The van der Waals surface area contributed by atoms with Crippen LogP contribution in [-0.4, -0.2) is 42.2 Å². The highest BCUT2D eigenvalue weighted by atomic mass is 32.2. The predicted octanol–water partition coefficient (Wildman–Crippen LogP) is 7.23. The maximum atomic E-state index is 13.0. The molecule has 0 atom stereocenters. The van der Waals surface area contributed by atoms with Crippen LogP contribution in [0.2, 0.25) is 0 Å². The molecule has 0 aliphatic carbocycles. The first kappa shape index (κ1) is 28.0. The average molecular weight is 567 g/mol. The van der Waals surface area contributed by atoms with Crippen LogP contribution >= 0.6 is 11.8 Å². The lowest BCUT2D eigenvalue weighted by atomic mass is 10.1. The zero-order valence-electron chi connectivity index (χ0n) is 23.1. The van der Waals surface area contributed by atoms with Gasteiger partial charge >= 0.3 is 5.97 Å². The second-order valence-electron chi connectivity index (χ2n) is 9.20. The zero-order valence-corrected chi connectivity index (χ0v) is 23.9. The summed E-state index contributed by atoms with van der Waals surface area (Å²) in [4.78, 5) is 31.6. The number of likely N-dealkylation sites (N-methyl/N-ethyl adjacent to an activating group) is 1. The minimum Gasteiger partial charge on any atom is -0.490 e. The molecule has 0 unspecified atom stereocenters. The molecule has 5 rings (SSSR count). The first-order chi connectivity index (χ1) is 20.0. The smallest absolute Gasteiger partial charge is 0.338 e. The summed E-state index contributed by atoms with van der Waals surface area (Å²) < 4.78 is 17.1. The Labute approximate surface area is 243 Å². The van der Waals surface area contributed by atoms with Crippen molar-refractivity contribution in [3.63, 3.8) is 0 Å². The molecule has 8 heteroatoms. The molecule has 0 bridgehead atoms. The number of aliphatic imine (C=N–C) groups is 1. The van der Waals surface area contributed by atoms with Gasteiger partial charge in [0.1, 0.15) is 6.61 Å². The van der Waals surface area contributed by atoms with Gasteiger partial charge < -0.3 is 14.2 Å². The fourth-order valence-electron chi connectivity index (χ4n) is 4.38. The molecule has 1 aliphatic rings. The number of carbonyl (C=O) groups is 2. The van der Waals surface area contributed by atoms with E-state index in [1.165, 1.54) is 22.0 Å². The van der Waals surface area contributed by atoms with Gasteiger partial charge in [-0.25, -0.2) is 9.79 Å². The number of carbonyl (C=O) groups excluding carboxylic acids is 2. The Morgan fingerprint density at radius 2 is 1.68 bits per heavy atom. The molecule has 0 aromatic heterocycles. The Kier molecular flexibility index (Phi) is 8.70. The van der Waals surface area contributed by atoms with Gasteiger partial charge in [0, 0.05) is 7.05 Å². The second-order valence-corrected chi connectivity index (χ2v) is 10.2. The van der Waals surface area contributed by atoms with Crippen LogP contribution < -0.4 is 9.47 Å². The lowest BCUT2D eigenvalue weighted by Gasteiger charge is -2.14. The Morgan fingerprint density at radius 1 is 0.902 bits per heavy atom. The van der Waals surface area contributed by atoms with Crippen molar-refractivity contribution < 1.29 is 23.8 Å². The highest BCUT2D eigenvalue weighted by Gasteiger charge is 2.30. The molecule has 1 amide bonds. The lowest BCUT2D eigenvalue weighted by molar-refractivity contribution is -0.121. The van der Waals surface area contributed by atoms with Crippen LogP contribution in [0.1, 0.15) is 35.3 Å². The van der Waals surface area contributed by atoms with Gasteiger partial charge in [-0.2, -0.15) is 0 Å². The van der Waals surface area contributed by atoms with Crippen molar-refractivity contribution in [2.75, 3.05) is 20.3 Å². The SMILES string of the molecule is CCOC(=O)c1ccc(N=C2S/C(=C\c3ccc(OCc4cccc5ccccc45)c(OCC)c3)C(=O)N2C)cc1. The first-order valence-electron chi connectivity index (χ1n) is 13.4. The average Bonchev–Trinajstić information content (AvgIpc) is 3.24. The Morgan fingerprint density at radius 3 is 2.46 bits per heavy atom. The van der Waals surface area contributed by atoms with E-state index < -0.39 is 0 Å². The minimum absolute atomic E-state index is 0.147. The van der Waals surface area contributed by atoms with Gasteiger partial charge in [-0.15, -0.1) is 0 Å².